The lowest BCUT2D eigenvalue weighted by Gasteiger charge is -2.37. The van der Waals surface area contributed by atoms with Crippen LogP contribution in [-0.2, 0) is 9.53 Å². The minimum Gasteiger partial charge on any atom is -0.389 e. The highest BCUT2D eigenvalue weighted by atomic mass is 79.9. The first-order valence-corrected chi connectivity index (χ1v) is 7.40. The Kier molecular flexibility index (Phi) is 4.95. The van der Waals surface area contributed by atoms with Crippen molar-refractivity contribution >= 4 is 44.7 Å². The number of carbonyl (C=O) groups excluding carboxylic acids is 1. The number of amides is 1. The summed E-state index contributed by atoms with van der Waals surface area (Å²) in [5, 5.41) is 2.66. The van der Waals surface area contributed by atoms with E-state index in [0.717, 1.165) is 15.7 Å². The lowest BCUT2D eigenvalue weighted by Crippen LogP contribution is -2.53. The van der Waals surface area contributed by atoms with Crippen LogP contribution in [0.15, 0.2) is 22.7 Å². The van der Waals surface area contributed by atoms with Crippen LogP contribution >= 0.6 is 28.1 Å². The van der Waals surface area contributed by atoms with Gasteiger partial charge in [0.1, 0.15) is 11.0 Å². The van der Waals surface area contributed by atoms with Crippen molar-refractivity contribution in [2.24, 2.45) is 5.73 Å². The third-order valence-electron chi connectivity index (χ3n) is 3.21. The molecule has 7 heteroatoms. The summed E-state index contributed by atoms with van der Waals surface area (Å²) in [5.41, 5.74) is 7.40. The summed E-state index contributed by atoms with van der Waals surface area (Å²) in [6.45, 7) is 1.53. The molecule has 108 valence electrons. The Morgan fingerprint density at radius 3 is 3.00 bits per heavy atom. The van der Waals surface area contributed by atoms with Crippen LogP contribution in [0.2, 0.25) is 0 Å². The van der Waals surface area contributed by atoms with Gasteiger partial charge in [-0.1, -0.05) is 28.1 Å². The van der Waals surface area contributed by atoms with E-state index in [1.54, 1.807) is 7.05 Å². The van der Waals surface area contributed by atoms with E-state index in [1.165, 1.54) is 0 Å². The number of likely N-dealkylation sites (N-methyl/N-ethyl adjacent to an activating group) is 1. The third kappa shape index (κ3) is 3.11. The number of morpholine rings is 1. The van der Waals surface area contributed by atoms with Gasteiger partial charge in [-0.25, -0.2) is 0 Å². The fourth-order valence-electron chi connectivity index (χ4n) is 2.23. The van der Waals surface area contributed by atoms with E-state index in [1.807, 2.05) is 23.1 Å². The Morgan fingerprint density at radius 2 is 2.35 bits per heavy atom. The number of ether oxygens (including phenoxy) is 1. The molecule has 1 atom stereocenters. The predicted molar refractivity (Wildman–Crippen MR) is 86.0 cm³/mol. The number of nitrogens with zero attached hydrogens (tertiary/aromatic N) is 1. The van der Waals surface area contributed by atoms with Crippen molar-refractivity contribution in [2.45, 2.75) is 6.04 Å². The average molecular weight is 358 g/mol. The standard InChI is InChI=1S/C13H16BrN3O2S/c1-16-13(18)11-7-19-5-4-17(11)10-6-8(14)2-3-9(10)12(15)20/h2-3,6,11H,4-5,7H2,1H3,(H2,15,20)(H,16,18). The molecule has 1 heterocycles. The average Bonchev–Trinajstić information content (AvgIpc) is 2.46. The summed E-state index contributed by atoms with van der Waals surface area (Å²) in [6, 6.07) is 5.29. The lowest BCUT2D eigenvalue weighted by molar-refractivity contribution is -0.124. The van der Waals surface area contributed by atoms with Crippen molar-refractivity contribution < 1.29 is 9.53 Å². The molecular weight excluding hydrogens is 342 g/mol. The minimum atomic E-state index is -0.379. The first kappa shape index (κ1) is 15.2. The zero-order chi connectivity index (χ0) is 14.7. The normalized spacial score (nSPS) is 18.7. The van der Waals surface area contributed by atoms with Gasteiger partial charge in [-0.15, -0.1) is 0 Å². The maximum Gasteiger partial charge on any atom is 0.244 e. The number of benzene rings is 1. The SMILES string of the molecule is CNC(=O)C1COCCN1c1cc(Br)ccc1C(N)=S. The van der Waals surface area contributed by atoms with Crippen LogP contribution in [0, 0.1) is 0 Å². The third-order valence-corrected chi connectivity index (χ3v) is 3.93. The van der Waals surface area contributed by atoms with Crippen molar-refractivity contribution in [1.82, 2.24) is 5.32 Å². The second-order valence-electron chi connectivity index (χ2n) is 4.42. The van der Waals surface area contributed by atoms with E-state index < -0.39 is 0 Å². The highest BCUT2D eigenvalue weighted by Gasteiger charge is 2.30. The Hall–Kier alpha value is -1.18. The van der Waals surface area contributed by atoms with Gasteiger partial charge >= 0.3 is 0 Å². The molecule has 3 N–H and O–H groups in total. The predicted octanol–water partition coefficient (Wildman–Crippen LogP) is 1.03. The van der Waals surface area contributed by atoms with Crippen molar-refractivity contribution in [2.75, 3.05) is 31.7 Å². The Labute approximate surface area is 131 Å². The van der Waals surface area contributed by atoms with E-state index in [4.69, 9.17) is 22.7 Å². The fourth-order valence-corrected chi connectivity index (χ4v) is 2.75. The number of nitrogens with two attached hydrogens (primary N) is 1. The smallest absolute Gasteiger partial charge is 0.244 e. The first-order chi connectivity index (χ1) is 9.54. The van der Waals surface area contributed by atoms with E-state index in [2.05, 4.69) is 21.2 Å². The van der Waals surface area contributed by atoms with Crippen LogP contribution < -0.4 is 16.0 Å². The Morgan fingerprint density at radius 1 is 1.60 bits per heavy atom. The van der Waals surface area contributed by atoms with Gasteiger partial charge in [0.05, 0.1) is 13.2 Å². The summed E-state index contributed by atoms with van der Waals surface area (Å²) in [5.74, 6) is -0.0847. The van der Waals surface area contributed by atoms with Crippen LogP contribution in [0.3, 0.4) is 0 Å². The summed E-state index contributed by atoms with van der Waals surface area (Å²) >= 11 is 8.54. The summed E-state index contributed by atoms with van der Waals surface area (Å²) in [4.78, 5) is 14.3. The van der Waals surface area contributed by atoms with E-state index in [-0.39, 0.29) is 11.9 Å². The zero-order valence-electron chi connectivity index (χ0n) is 11.1. The molecule has 0 aromatic heterocycles. The van der Waals surface area contributed by atoms with Crippen LogP contribution in [-0.4, -0.2) is 43.7 Å². The molecule has 0 radical (unpaired) electrons. The first-order valence-electron chi connectivity index (χ1n) is 6.20. The zero-order valence-corrected chi connectivity index (χ0v) is 13.5. The molecule has 1 saturated heterocycles. The Bertz CT molecular complexity index is 538. The molecule has 2 rings (SSSR count). The number of halogens is 1. The van der Waals surface area contributed by atoms with Gasteiger partial charge in [0.2, 0.25) is 5.91 Å². The van der Waals surface area contributed by atoms with Crippen molar-refractivity contribution in [1.29, 1.82) is 0 Å². The fraction of sp³-hybridized carbons (Fsp3) is 0.385. The van der Waals surface area contributed by atoms with Crippen molar-refractivity contribution in [3.63, 3.8) is 0 Å². The largest absolute Gasteiger partial charge is 0.389 e. The van der Waals surface area contributed by atoms with Gasteiger partial charge in [0, 0.05) is 29.3 Å². The molecule has 0 spiro atoms. The van der Waals surface area contributed by atoms with Gasteiger partial charge in [-0.05, 0) is 18.2 Å². The monoisotopic (exact) mass is 357 g/mol. The molecule has 0 saturated carbocycles. The Balaban J connectivity index is 2.44. The van der Waals surface area contributed by atoms with Gasteiger partial charge in [0.25, 0.3) is 0 Å². The molecule has 5 nitrogen and oxygen atoms in total. The minimum absolute atomic E-state index is 0.0847. The molecule has 1 aromatic rings. The number of rotatable bonds is 3. The number of anilines is 1. The molecule has 0 bridgehead atoms. The summed E-state index contributed by atoms with van der Waals surface area (Å²) in [6.07, 6.45) is 0. The molecule has 1 aliphatic heterocycles. The highest BCUT2D eigenvalue weighted by Crippen LogP contribution is 2.28. The highest BCUT2D eigenvalue weighted by molar-refractivity contribution is 9.10. The molecule has 1 fully saturated rings. The quantitative estimate of drug-likeness (QED) is 0.791. The van der Waals surface area contributed by atoms with Gasteiger partial charge in [-0.3, -0.25) is 4.79 Å². The maximum absolute atomic E-state index is 12.0. The summed E-state index contributed by atoms with van der Waals surface area (Å²) < 4.78 is 6.32. The van der Waals surface area contributed by atoms with Crippen molar-refractivity contribution in [3.05, 3.63) is 28.2 Å². The number of thiocarbonyl (C=S) groups is 1. The topological polar surface area (TPSA) is 67.6 Å². The number of hydrogen-bond donors (Lipinski definition) is 2. The second kappa shape index (κ2) is 6.51. The molecule has 20 heavy (non-hydrogen) atoms. The van der Waals surface area contributed by atoms with Gasteiger partial charge in [0.15, 0.2) is 0 Å². The summed E-state index contributed by atoms with van der Waals surface area (Å²) in [7, 11) is 1.62. The molecule has 1 aliphatic rings. The lowest BCUT2D eigenvalue weighted by atomic mass is 10.1. The van der Waals surface area contributed by atoms with Crippen molar-refractivity contribution in [3.8, 4) is 0 Å². The van der Waals surface area contributed by atoms with Crippen LogP contribution in [0.5, 0.6) is 0 Å². The number of hydrogen-bond acceptors (Lipinski definition) is 4. The molecule has 1 unspecified atom stereocenters. The van der Waals surface area contributed by atoms with E-state index >= 15 is 0 Å². The molecular formula is C13H16BrN3O2S. The van der Waals surface area contributed by atoms with Gasteiger partial charge < -0.3 is 20.7 Å². The maximum atomic E-state index is 12.0. The van der Waals surface area contributed by atoms with Crippen LogP contribution in [0.1, 0.15) is 5.56 Å². The van der Waals surface area contributed by atoms with Gasteiger partial charge in [-0.2, -0.15) is 0 Å². The molecule has 0 aliphatic carbocycles. The number of carbonyl (C=O) groups is 1. The second-order valence-corrected chi connectivity index (χ2v) is 5.78. The van der Waals surface area contributed by atoms with Crippen LogP contribution in [0.4, 0.5) is 5.69 Å². The van der Waals surface area contributed by atoms with E-state index in [0.29, 0.717) is 24.7 Å². The van der Waals surface area contributed by atoms with Crippen LogP contribution in [0.25, 0.3) is 0 Å². The van der Waals surface area contributed by atoms with E-state index in [9.17, 15) is 4.79 Å². The molecule has 1 amide bonds. The number of nitrogens with one attached hydrogen (secondary N) is 1. The molecule has 1 aromatic carbocycles.